The Morgan fingerprint density at radius 3 is 2.42 bits per heavy atom. The second kappa shape index (κ2) is 7.76. The summed E-state index contributed by atoms with van der Waals surface area (Å²) in [6.07, 6.45) is 3.24. The van der Waals surface area contributed by atoms with E-state index in [4.69, 9.17) is 0 Å². The summed E-state index contributed by atoms with van der Waals surface area (Å²) in [5.74, 6) is -0.552. The molecule has 1 N–H and O–H groups in total. The number of carbonyl (C=O) groups is 1. The molecule has 0 saturated carbocycles. The van der Waals surface area contributed by atoms with E-state index in [0.717, 1.165) is 5.03 Å². The zero-order valence-electron chi connectivity index (χ0n) is 13.6. The Balaban J connectivity index is 2.11. The van der Waals surface area contributed by atoms with Crippen LogP contribution in [0.1, 0.15) is 20.8 Å². The molecule has 2 rings (SSSR count). The Kier molecular flexibility index (Phi) is 5.95. The van der Waals surface area contributed by atoms with E-state index in [1.54, 1.807) is 38.4 Å². The van der Waals surface area contributed by atoms with E-state index in [-0.39, 0.29) is 0 Å². The van der Waals surface area contributed by atoms with Gasteiger partial charge in [-0.3, -0.25) is 4.79 Å². The van der Waals surface area contributed by atoms with E-state index in [2.05, 4.69) is 15.3 Å². The molecule has 24 heavy (non-hydrogen) atoms. The van der Waals surface area contributed by atoms with Crippen LogP contribution in [0.15, 0.2) is 52.8 Å². The molecule has 1 amide bonds. The van der Waals surface area contributed by atoms with Crippen molar-refractivity contribution in [1.82, 2.24) is 9.97 Å². The molecule has 0 bridgehead atoms. The molecular weight excluding hydrogens is 346 g/mol. The molecule has 1 unspecified atom stereocenters. The lowest BCUT2D eigenvalue weighted by atomic mass is 10.3. The van der Waals surface area contributed by atoms with Crippen molar-refractivity contribution in [1.29, 1.82) is 0 Å². The SMILES string of the molecule is CC(C)S(=O)(=O)C(C)C(=O)Nc1ccnc(Sc2ccccn2)c1. The fourth-order valence-electron chi connectivity index (χ4n) is 1.86. The normalized spacial score (nSPS) is 12.8. The van der Waals surface area contributed by atoms with Gasteiger partial charge in [-0.15, -0.1) is 0 Å². The van der Waals surface area contributed by atoms with Crippen LogP contribution < -0.4 is 5.32 Å². The van der Waals surface area contributed by atoms with Crippen molar-refractivity contribution in [2.24, 2.45) is 0 Å². The minimum Gasteiger partial charge on any atom is -0.325 e. The van der Waals surface area contributed by atoms with Gasteiger partial charge in [-0.2, -0.15) is 0 Å². The predicted molar refractivity (Wildman–Crippen MR) is 94.7 cm³/mol. The first kappa shape index (κ1) is 18.4. The van der Waals surface area contributed by atoms with Gasteiger partial charge in [0, 0.05) is 18.1 Å². The molecule has 0 aliphatic heterocycles. The summed E-state index contributed by atoms with van der Waals surface area (Å²) in [7, 11) is -3.50. The van der Waals surface area contributed by atoms with E-state index in [0.29, 0.717) is 10.7 Å². The minimum absolute atomic E-state index is 0.499. The van der Waals surface area contributed by atoms with Crippen LogP contribution in [-0.2, 0) is 14.6 Å². The topological polar surface area (TPSA) is 89.0 Å². The third kappa shape index (κ3) is 4.55. The summed E-state index contributed by atoms with van der Waals surface area (Å²) >= 11 is 1.36. The Bertz CT molecular complexity index is 808. The van der Waals surface area contributed by atoms with Crippen LogP contribution in [0, 0.1) is 0 Å². The number of amides is 1. The zero-order chi connectivity index (χ0) is 17.7. The van der Waals surface area contributed by atoms with Crippen LogP contribution in [-0.4, -0.2) is 34.8 Å². The summed E-state index contributed by atoms with van der Waals surface area (Å²) in [6.45, 7) is 4.52. The van der Waals surface area contributed by atoms with Crippen LogP contribution in [0.5, 0.6) is 0 Å². The Morgan fingerprint density at radius 2 is 1.79 bits per heavy atom. The third-order valence-corrected chi connectivity index (χ3v) is 6.77. The molecule has 0 aliphatic rings. The number of sulfone groups is 1. The molecule has 0 spiro atoms. The molecule has 1 atom stereocenters. The van der Waals surface area contributed by atoms with E-state index in [1.165, 1.54) is 18.7 Å². The summed E-state index contributed by atoms with van der Waals surface area (Å²) < 4.78 is 24.2. The number of carbonyl (C=O) groups excluding carboxylic acids is 1. The average Bonchev–Trinajstić information content (AvgIpc) is 2.55. The van der Waals surface area contributed by atoms with Gasteiger partial charge in [-0.05, 0) is 45.0 Å². The quantitative estimate of drug-likeness (QED) is 0.847. The molecule has 0 saturated heterocycles. The van der Waals surface area contributed by atoms with Gasteiger partial charge in [0.05, 0.1) is 5.25 Å². The Labute approximate surface area is 146 Å². The molecule has 6 nitrogen and oxygen atoms in total. The third-order valence-electron chi connectivity index (χ3n) is 3.37. The zero-order valence-corrected chi connectivity index (χ0v) is 15.3. The number of aromatic nitrogens is 2. The van der Waals surface area contributed by atoms with Gasteiger partial charge in [0.2, 0.25) is 5.91 Å². The van der Waals surface area contributed by atoms with Gasteiger partial charge in [0.25, 0.3) is 0 Å². The van der Waals surface area contributed by atoms with Crippen molar-refractivity contribution < 1.29 is 13.2 Å². The lowest BCUT2D eigenvalue weighted by Gasteiger charge is -2.15. The largest absolute Gasteiger partial charge is 0.325 e. The fraction of sp³-hybridized carbons (Fsp3) is 0.312. The highest BCUT2D eigenvalue weighted by Gasteiger charge is 2.30. The highest BCUT2D eigenvalue weighted by molar-refractivity contribution is 7.99. The standard InChI is InChI=1S/C16H19N3O3S2/c1-11(2)24(21,22)12(3)16(20)19-13-7-9-18-15(10-13)23-14-6-4-5-8-17-14/h4-12H,1-3H3,(H,18,19,20). The van der Waals surface area contributed by atoms with Gasteiger partial charge in [-0.25, -0.2) is 18.4 Å². The number of nitrogens with one attached hydrogen (secondary N) is 1. The molecule has 8 heteroatoms. The molecule has 128 valence electrons. The second-order valence-corrected chi connectivity index (χ2v) is 9.29. The van der Waals surface area contributed by atoms with Gasteiger partial charge >= 0.3 is 0 Å². The molecule has 0 aliphatic carbocycles. The molecule has 2 heterocycles. The number of rotatable bonds is 6. The maximum Gasteiger partial charge on any atom is 0.242 e. The van der Waals surface area contributed by atoms with Crippen LogP contribution in [0.25, 0.3) is 0 Å². The Morgan fingerprint density at radius 1 is 1.08 bits per heavy atom. The van der Waals surface area contributed by atoms with Gasteiger partial charge < -0.3 is 5.32 Å². The van der Waals surface area contributed by atoms with Crippen LogP contribution in [0.2, 0.25) is 0 Å². The second-order valence-electron chi connectivity index (χ2n) is 5.42. The number of hydrogen-bond acceptors (Lipinski definition) is 6. The number of anilines is 1. The molecule has 0 fully saturated rings. The maximum atomic E-state index is 12.2. The van der Waals surface area contributed by atoms with Crippen molar-refractivity contribution >= 4 is 33.2 Å². The lowest BCUT2D eigenvalue weighted by Crippen LogP contribution is -2.36. The number of nitrogens with zero attached hydrogens (tertiary/aromatic N) is 2. The van der Waals surface area contributed by atoms with Crippen molar-refractivity contribution in [3.05, 3.63) is 42.7 Å². The summed E-state index contributed by atoms with van der Waals surface area (Å²) in [4.78, 5) is 20.6. The van der Waals surface area contributed by atoms with Crippen LogP contribution in [0.4, 0.5) is 5.69 Å². The number of hydrogen-bond donors (Lipinski definition) is 1. The first-order valence-corrected chi connectivity index (χ1v) is 9.82. The van der Waals surface area contributed by atoms with Gasteiger partial charge in [0.1, 0.15) is 15.3 Å². The van der Waals surface area contributed by atoms with E-state index in [1.807, 2.05) is 18.2 Å². The summed E-state index contributed by atoms with van der Waals surface area (Å²) in [6, 6.07) is 8.86. The van der Waals surface area contributed by atoms with Crippen molar-refractivity contribution in [2.45, 2.75) is 41.3 Å². The highest BCUT2D eigenvalue weighted by Crippen LogP contribution is 2.25. The Hall–Kier alpha value is -1.93. The highest BCUT2D eigenvalue weighted by atomic mass is 32.2. The first-order chi connectivity index (χ1) is 11.3. The fourth-order valence-corrected chi connectivity index (χ4v) is 3.81. The van der Waals surface area contributed by atoms with Crippen LogP contribution >= 0.6 is 11.8 Å². The van der Waals surface area contributed by atoms with Gasteiger partial charge in [-0.1, -0.05) is 17.8 Å². The van der Waals surface area contributed by atoms with Crippen molar-refractivity contribution in [2.75, 3.05) is 5.32 Å². The molecule has 0 radical (unpaired) electrons. The smallest absolute Gasteiger partial charge is 0.242 e. The van der Waals surface area contributed by atoms with E-state index >= 15 is 0 Å². The molecular formula is C16H19N3O3S2. The van der Waals surface area contributed by atoms with Crippen LogP contribution in [0.3, 0.4) is 0 Å². The molecule has 2 aromatic rings. The van der Waals surface area contributed by atoms with E-state index in [9.17, 15) is 13.2 Å². The summed E-state index contributed by atoms with van der Waals surface area (Å²) in [5.41, 5.74) is 0.499. The number of pyridine rings is 2. The summed E-state index contributed by atoms with van der Waals surface area (Å²) in [5, 5.41) is 2.36. The predicted octanol–water partition coefficient (Wildman–Crippen LogP) is 2.78. The molecule has 0 aromatic carbocycles. The van der Waals surface area contributed by atoms with Gasteiger partial charge in [0.15, 0.2) is 9.84 Å². The van der Waals surface area contributed by atoms with Crippen molar-refractivity contribution in [3.63, 3.8) is 0 Å². The minimum atomic E-state index is -3.50. The maximum absolute atomic E-state index is 12.2. The monoisotopic (exact) mass is 365 g/mol. The lowest BCUT2D eigenvalue weighted by molar-refractivity contribution is -0.115. The van der Waals surface area contributed by atoms with E-state index < -0.39 is 26.2 Å². The first-order valence-electron chi connectivity index (χ1n) is 7.39. The van der Waals surface area contributed by atoms with Crippen molar-refractivity contribution in [3.8, 4) is 0 Å². The molecule has 2 aromatic heterocycles. The average molecular weight is 365 g/mol.